The molecular weight excluding hydrogens is 242 g/mol. The van der Waals surface area contributed by atoms with Crippen molar-refractivity contribution >= 4 is 5.91 Å². The Balaban J connectivity index is 1.57. The Labute approximate surface area is 113 Å². The summed E-state index contributed by atoms with van der Waals surface area (Å²) in [5.41, 5.74) is 6.02. The van der Waals surface area contributed by atoms with Gasteiger partial charge in [-0.1, -0.05) is 0 Å². The molecule has 0 bridgehead atoms. The zero-order valence-corrected chi connectivity index (χ0v) is 11.2. The van der Waals surface area contributed by atoms with Crippen LogP contribution in [0.1, 0.15) is 23.3 Å². The van der Waals surface area contributed by atoms with Crippen molar-refractivity contribution in [1.82, 2.24) is 19.4 Å². The van der Waals surface area contributed by atoms with Crippen LogP contribution in [0.15, 0.2) is 12.5 Å². The molecule has 2 fully saturated rings. The lowest BCUT2D eigenvalue weighted by molar-refractivity contribution is 0.0622. The first kappa shape index (κ1) is 12.6. The van der Waals surface area contributed by atoms with Crippen LogP contribution in [0.25, 0.3) is 0 Å². The number of nitrogens with two attached hydrogens (primary N) is 1. The largest absolute Gasteiger partial charge is 0.335 e. The summed E-state index contributed by atoms with van der Waals surface area (Å²) in [6, 6.07) is 0.793. The van der Waals surface area contributed by atoms with Gasteiger partial charge in [0.05, 0.1) is 6.33 Å². The minimum atomic E-state index is 0.0474. The maximum absolute atomic E-state index is 12.3. The van der Waals surface area contributed by atoms with Gasteiger partial charge in [-0.25, -0.2) is 4.98 Å². The standard InChI is InChI=1S/C13H21N5O/c14-3-4-16-9-12(15-10-16)13(19)18-7-5-17(6-8-18)11-1-2-11/h9-11H,1-8,14H2. The molecule has 1 aliphatic heterocycles. The first-order valence-corrected chi connectivity index (χ1v) is 7.03. The molecule has 0 unspecified atom stereocenters. The fraction of sp³-hybridized carbons (Fsp3) is 0.692. The summed E-state index contributed by atoms with van der Waals surface area (Å²) in [4.78, 5) is 20.9. The van der Waals surface area contributed by atoms with E-state index in [0.717, 1.165) is 32.2 Å². The summed E-state index contributed by atoms with van der Waals surface area (Å²) in [6.45, 7) is 4.90. The molecule has 2 aliphatic rings. The Kier molecular flexibility index (Phi) is 3.52. The van der Waals surface area contributed by atoms with Crippen LogP contribution in [0.5, 0.6) is 0 Å². The number of carbonyl (C=O) groups excluding carboxylic acids is 1. The summed E-state index contributed by atoms with van der Waals surface area (Å²) in [6.07, 6.45) is 6.14. The summed E-state index contributed by atoms with van der Waals surface area (Å²) in [7, 11) is 0. The Bertz CT molecular complexity index is 446. The van der Waals surface area contributed by atoms with E-state index in [1.807, 2.05) is 9.47 Å². The summed E-state index contributed by atoms with van der Waals surface area (Å²) in [5.74, 6) is 0.0474. The highest BCUT2D eigenvalue weighted by Gasteiger charge is 2.32. The van der Waals surface area contributed by atoms with E-state index >= 15 is 0 Å². The molecular formula is C13H21N5O. The van der Waals surface area contributed by atoms with Crippen molar-refractivity contribution in [1.29, 1.82) is 0 Å². The molecule has 104 valence electrons. The van der Waals surface area contributed by atoms with Crippen molar-refractivity contribution in [2.45, 2.75) is 25.4 Å². The number of piperazine rings is 1. The lowest BCUT2D eigenvalue weighted by Gasteiger charge is -2.34. The Morgan fingerprint density at radius 2 is 2.05 bits per heavy atom. The molecule has 0 radical (unpaired) electrons. The third-order valence-corrected chi connectivity index (χ3v) is 3.90. The average Bonchev–Trinajstić information content (AvgIpc) is 3.19. The van der Waals surface area contributed by atoms with E-state index in [1.54, 1.807) is 12.5 Å². The van der Waals surface area contributed by atoms with E-state index in [4.69, 9.17) is 5.73 Å². The van der Waals surface area contributed by atoms with Crippen molar-refractivity contribution in [3.05, 3.63) is 18.2 Å². The quantitative estimate of drug-likeness (QED) is 0.814. The minimum Gasteiger partial charge on any atom is -0.335 e. The molecule has 3 rings (SSSR count). The number of rotatable bonds is 4. The van der Waals surface area contributed by atoms with Crippen LogP contribution in [-0.2, 0) is 6.54 Å². The second-order valence-corrected chi connectivity index (χ2v) is 5.34. The van der Waals surface area contributed by atoms with Crippen LogP contribution in [0.3, 0.4) is 0 Å². The van der Waals surface area contributed by atoms with E-state index in [2.05, 4.69) is 9.88 Å². The van der Waals surface area contributed by atoms with Gasteiger partial charge in [-0.2, -0.15) is 0 Å². The van der Waals surface area contributed by atoms with Crippen molar-refractivity contribution in [3.63, 3.8) is 0 Å². The number of imidazole rings is 1. The van der Waals surface area contributed by atoms with Crippen molar-refractivity contribution in [3.8, 4) is 0 Å². The smallest absolute Gasteiger partial charge is 0.274 e. The van der Waals surface area contributed by atoms with Crippen molar-refractivity contribution < 1.29 is 4.79 Å². The van der Waals surface area contributed by atoms with Gasteiger partial charge in [0.25, 0.3) is 5.91 Å². The molecule has 6 nitrogen and oxygen atoms in total. The first-order valence-electron chi connectivity index (χ1n) is 7.03. The predicted molar refractivity (Wildman–Crippen MR) is 71.8 cm³/mol. The fourth-order valence-electron chi connectivity index (χ4n) is 2.63. The molecule has 0 aromatic carbocycles. The topological polar surface area (TPSA) is 67.4 Å². The van der Waals surface area contributed by atoms with Crippen molar-refractivity contribution in [2.24, 2.45) is 5.73 Å². The zero-order valence-electron chi connectivity index (χ0n) is 11.2. The molecule has 1 amide bonds. The first-order chi connectivity index (χ1) is 9.28. The van der Waals surface area contributed by atoms with Gasteiger partial charge in [0.2, 0.25) is 0 Å². The van der Waals surface area contributed by atoms with Gasteiger partial charge < -0.3 is 15.2 Å². The molecule has 2 heterocycles. The number of carbonyl (C=O) groups is 1. The lowest BCUT2D eigenvalue weighted by atomic mass is 10.3. The molecule has 0 spiro atoms. The van der Waals surface area contributed by atoms with Gasteiger partial charge in [-0.3, -0.25) is 9.69 Å². The second-order valence-electron chi connectivity index (χ2n) is 5.34. The van der Waals surface area contributed by atoms with Crippen LogP contribution < -0.4 is 5.73 Å². The fourth-order valence-corrected chi connectivity index (χ4v) is 2.63. The van der Waals surface area contributed by atoms with E-state index in [0.29, 0.717) is 18.8 Å². The van der Waals surface area contributed by atoms with Gasteiger partial charge in [-0.15, -0.1) is 0 Å². The number of amides is 1. The van der Waals surface area contributed by atoms with Crippen molar-refractivity contribution in [2.75, 3.05) is 32.7 Å². The highest BCUT2D eigenvalue weighted by molar-refractivity contribution is 5.92. The summed E-state index contributed by atoms with van der Waals surface area (Å²) < 4.78 is 1.87. The molecule has 1 aliphatic carbocycles. The highest BCUT2D eigenvalue weighted by atomic mass is 16.2. The molecule has 1 aromatic heterocycles. The van der Waals surface area contributed by atoms with Gasteiger partial charge >= 0.3 is 0 Å². The van der Waals surface area contributed by atoms with E-state index in [1.165, 1.54) is 12.8 Å². The maximum Gasteiger partial charge on any atom is 0.274 e. The molecule has 1 saturated carbocycles. The third-order valence-electron chi connectivity index (χ3n) is 3.90. The van der Waals surface area contributed by atoms with Crippen LogP contribution in [0.4, 0.5) is 0 Å². The average molecular weight is 263 g/mol. The second kappa shape index (κ2) is 5.30. The normalized spacial score (nSPS) is 20.8. The molecule has 0 atom stereocenters. The number of hydrogen-bond donors (Lipinski definition) is 1. The SMILES string of the molecule is NCCn1cnc(C(=O)N2CCN(C3CC3)CC2)c1. The van der Waals surface area contributed by atoms with Crippen LogP contribution in [-0.4, -0.2) is 64.0 Å². The molecule has 1 saturated heterocycles. The minimum absolute atomic E-state index is 0.0474. The summed E-state index contributed by atoms with van der Waals surface area (Å²) in [5, 5.41) is 0. The van der Waals surface area contributed by atoms with Gasteiger partial charge in [0, 0.05) is 51.5 Å². The Hall–Kier alpha value is -1.40. The molecule has 19 heavy (non-hydrogen) atoms. The van der Waals surface area contributed by atoms with Crippen LogP contribution in [0, 0.1) is 0 Å². The van der Waals surface area contributed by atoms with E-state index in [9.17, 15) is 4.79 Å². The molecule has 6 heteroatoms. The number of aromatic nitrogens is 2. The third kappa shape index (κ3) is 2.79. The lowest BCUT2D eigenvalue weighted by Crippen LogP contribution is -2.49. The van der Waals surface area contributed by atoms with Crippen LogP contribution in [0.2, 0.25) is 0 Å². The van der Waals surface area contributed by atoms with Gasteiger partial charge in [0.1, 0.15) is 5.69 Å². The molecule has 1 aromatic rings. The maximum atomic E-state index is 12.3. The summed E-state index contributed by atoms with van der Waals surface area (Å²) >= 11 is 0. The number of hydrogen-bond acceptors (Lipinski definition) is 4. The zero-order chi connectivity index (χ0) is 13.2. The monoisotopic (exact) mass is 263 g/mol. The van der Waals surface area contributed by atoms with Crippen LogP contribution >= 0.6 is 0 Å². The van der Waals surface area contributed by atoms with Gasteiger partial charge in [0.15, 0.2) is 0 Å². The van der Waals surface area contributed by atoms with E-state index in [-0.39, 0.29) is 5.91 Å². The predicted octanol–water partition coefficient (Wildman–Crippen LogP) is -0.238. The molecule has 2 N–H and O–H groups in total. The Morgan fingerprint density at radius 1 is 1.32 bits per heavy atom. The highest BCUT2D eigenvalue weighted by Crippen LogP contribution is 2.27. The Morgan fingerprint density at radius 3 is 2.68 bits per heavy atom. The van der Waals surface area contributed by atoms with E-state index < -0.39 is 0 Å². The number of nitrogens with zero attached hydrogens (tertiary/aromatic N) is 4. The van der Waals surface area contributed by atoms with Gasteiger partial charge in [-0.05, 0) is 12.8 Å².